The maximum absolute atomic E-state index is 14.0. The number of pyridine rings is 1. The van der Waals surface area contributed by atoms with Gasteiger partial charge in [-0.2, -0.15) is 5.26 Å². The van der Waals surface area contributed by atoms with Crippen LogP contribution in [-0.2, 0) is 6.61 Å². The predicted octanol–water partition coefficient (Wildman–Crippen LogP) is 4.36. The number of nitrogens with zero attached hydrogens (tertiary/aromatic N) is 3. The van der Waals surface area contributed by atoms with Gasteiger partial charge in [0.15, 0.2) is 0 Å². The zero-order valence-corrected chi connectivity index (χ0v) is 16.7. The number of rotatable bonds is 6. The Hall–Kier alpha value is -4.18. The zero-order valence-electron chi connectivity index (χ0n) is 16.7. The van der Waals surface area contributed by atoms with E-state index >= 15 is 0 Å². The van der Waals surface area contributed by atoms with Crippen LogP contribution in [0.3, 0.4) is 0 Å². The van der Waals surface area contributed by atoms with Crippen LogP contribution in [0.15, 0.2) is 73.1 Å². The summed E-state index contributed by atoms with van der Waals surface area (Å²) in [4.78, 5) is 17.1. The number of nitriles is 1. The number of carbonyl (C=O) groups excluding carboxylic acids is 1. The van der Waals surface area contributed by atoms with Gasteiger partial charge in [-0.3, -0.25) is 4.79 Å². The molecule has 31 heavy (non-hydrogen) atoms. The van der Waals surface area contributed by atoms with E-state index in [1.165, 1.54) is 18.2 Å². The number of halogens is 1. The normalized spacial score (nSPS) is 11.6. The summed E-state index contributed by atoms with van der Waals surface area (Å²) in [5.41, 5.74) is 3.13. The molecular formula is C24H19FN4O2. The summed E-state index contributed by atoms with van der Waals surface area (Å²) in [5.74, 6) is -0.558. The third-order valence-electron chi connectivity index (χ3n) is 4.75. The van der Waals surface area contributed by atoms with E-state index in [4.69, 9.17) is 4.74 Å². The molecule has 1 amide bonds. The maximum atomic E-state index is 14.0. The predicted molar refractivity (Wildman–Crippen MR) is 113 cm³/mol. The van der Waals surface area contributed by atoms with Crippen molar-refractivity contribution in [1.82, 2.24) is 14.7 Å². The highest BCUT2D eigenvalue weighted by Crippen LogP contribution is 2.19. The highest BCUT2D eigenvalue weighted by atomic mass is 19.1. The Kier molecular flexibility index (Phi) is 5.63. The van der Waals surface area contributed by atoms with Crippen molar-refractivity contribution in [3.05, 3.63) is 101 Å². The highest BCUT2D eigenvalue weighted by molar-refractivity contribution is 5.95. The number of carbonyl (C=O) groups is 1. The second kappa shape index (κ2) is 8.67. The summed E-state index contributed by atoms with van der Waals surface area (Å²) in [6.45, 7) is 2.25. The molecule has 1 atom stereocenters. The molecule has 2 heterocycles. The van der Waals surface area contributed by atoms with Crippen molar-refractivity contribution >= 4 is 11.6 Å². The lowest BCUT2D eigenvalue weighted by Gasteiger charge is -2.13. The number of amides is 1. The van der Waals surface area contributed by atoms with E-state index in [0.29, 0.717) is 11.3 Å². The minimum Gasteiger partial charge on any atom is -0.487 e. The second-order valence-corrected chi connectivity index (χ2v) is 7.08. The quantitative estimate of drug-likeness (QED) is 0.509. The maximum Gasteiger partial charge on any atom is 0.252 e. The third-order valence-corrected chi connectivity index (χ3v) is 4.75. The van der Waals surface area contributed by atoms with Crippen LogP contribution < -0.4 is 10.1 Å². The monoisotopic (exact) mass is 414 g/mol. The third kappa shape index (κ3) is 4.54. The molecule has 4 rings (SSSR count). The van der Waals surface area contributed by atoms with Crippen molar-refractivity contribution in [3.8, 4) is 11.8 Å². The number of fused-ring (bicyclic) bond motifs is 1. The zero-order chi connectivity index (χ0) is 21.8. The minimum absolute atomic E-state index is 0.118. The van der Waals surface area contributed by atoms with Gasteiger partial charge in [-0.05, 0) is 42.8 Å². The van der Waals surface area contributed by atoms with Crippen LogP contribution in [0.2, 0.25) is 0 Å². The average molecular weight is 414 g/mol. The molecule has 0 saturated heterocycles. The topological polar surface area (TPSA) is 79.4 Å². The molecule has 1 unspecified atom stereocenters. The van der Waals surface area contributed by atoms with Crippen LogP contribution in [0.4, 0.5) is 4.39 Å². The SMILES string of the molecule is Cc1ccc2nc(COc3cccc(C(=O)NC(C#N)c4ccccc4F)c3)cn2c1. The molecule has 0 bridgehead atoms. The molecular weight excluding hydrogens is 395 g/mol. The van der Waals surface area contributed by atoms with Gasteiger partial charge in [0.1, 0.15) is 29.9 Å². The highest BCUT2D eigenvalue weighted by Gasteiger charge is 2.18. The van der Waals surface area contributed by atoms with E-state index in [1.807, 2.05) is 41.9 Å². The number of nitrogens with one attached hydrogen (secondary N) is 1. The van der Waals surface area contributed by atoms with Crippen molar-refractivity contribution in [1.29, 1.82) is 5.26 Å². The molecule has 1 N–H and O–H groups in total. The molecule has 154 valence electrons. The van der Waals surface area contributed by atoms with Crippen LogP contribution in [0, 0.1) is 24.1 Å². The van der Waals surface area contributed by atoms with Gasteiger partial charge in [-0.1, -0.05) is 30.3 Å². The van der Waals surface area contributed by atoms with E-state index in [0.717, 1.165) is 16.9 Å². The van der Waals surface area contributed by atoms with Gasteiger partial charge >= 0.3 is 0 Å². The molecule has 0 saturated carbocycles. The van der Waals surface area contributed by atoms with Crippen LogP contribution in [-0.4, -0.2) is 15.3 Å². The summed E-state index contributed by atoms with van der Waals surface area (Å²) in [5, 5.41) is 11.9. The molecule has 2 aromatic heterocycles. The van der Waals surface area contributed by atoms with Crippen LogP contribution >= 0.6 is 0 Å². The number of aryl methyl sites for hydroxylation is 1. The molecule has 0 aliphatic carbocycles. The lowest BCUT2D eigenvalue weighted by Crippen LogP contribution is -2.28. The summed E-state index contributed by atoms with van der Waals surface area (Å²) >= 11 is 0. The molecule has 4 aromatic rings. The average Bonchev–Trinajstić information content (AvgIpc) is 3.18. The van der Waals surface area contributed by atoms with E-state index < -0.39 is 17.8 Å². The fraction of sp³-hybridized carbons (Fsp3) is 0.125. The van der Waals surface area contributed by atoms with E-state index in [9.17, 15) is 14.4 Å². The van der Waals surface area contributed by atoms with Gasteiger partial charge < -0.3 is 14.5 Å². The summed E-state index contributed by atoms with van der Waals surface area (Å²) < 4.78 is 21.7. The molecule has 0 fully saturated rings. The Bertz CT molecular complexity index is 1290. The Morgan fingerprint density at radius 3 is 2.84 bits per heavy atom. The first kappa shape index (κ1) is 20.1. The Morgan fingerprint density at radius 1 is 1.19 bits per heavy atom. The summed E-state index contributed by atoms with van der Waals surface area (Å²) in [6, 6.07) is 17.2. The van der Waals surface area contributed by atoms with Crippen LogP contribution in [0.1, 0.15) is 33.2 Å². The van der Waals surface area contributed by atoms with Crippen LogP contribution in [0.25, 0.3) is 5.65 Å². The van der Waals surface area contributed by atoms with Crippen LogP contribution in [0.5, 0.6) is 5.75 Å². The summed E-state index contributed by atoms with van der Waals surface area (Å²) in [7, 11) is 0. The Balaban J connectivity index is 1.45. The Morgan fingerprint density at radius 2 is 2.03 bits per heavy atom. The van der Waals surface area contributed by atoms with Crippen molar-refractivity contribution in [3.63, 3.8) is 0 Å². The fourth-order valence-corrected chi connectivity index (χ4v) is 3.21. The number of aromatic nitrogens is 2. The standard InChI is InChI=1S/C24H19FN4O2/c1-16-9-10-23-27-18(14-29(23)13-16)15-31-19-6-4-5-17(11-19)24(30)28-22(12-26)20-7-2-3-8-21(20)25/h2-11,13-14,22H,15H2,1H3,(H,28,30). The first-order chi connectivity index (χ1) is 15.0. The van der Waals surface area contributed by atoms with Gasteiger partial charge in [0.25, 0.3) is 5.91 Å². The van der Waals surface area contributed by atoms with Gasteiger partial charge in [0.2, 0.25) is 0 Å². The van der Waals surface area contributed by atoms with E-state index in [-0.39, 0.29) is 12.2 Å². The van der Waals surface area contributed by atoms with Crippen molar-refractivity contribution in [2.24, 2.45) is 0 Å². The lowest BCUT2D eigenvalue weighted by atomic mass is 10.1. The number of ether oxygens (including phenoxy) is 1. The number of hydrogen-bond donors (Lipinski definition) is 1. The smallest absolute Gasteiger partial charge is 0.252 e. The van der Waals surface area contributed by atoms with Gasteiger partial charge in [0.05, 0.1) is 11.8 Å². The Labute approximate surface area is 178 Å². The summed E-state index contributed by atoms with van der Waals surface area (Å²) in [6.07, 6.45) is 3.88. The second-order valence-electron chi connectivity index (χ2n) is 7.08. The fourth-order valence-electron chi connectivity index (χ4n) is 3.21. The number of hydrogen-bond acceptors (Lipinski definition) is 4. The van der Waals surface area contributed by atoms with E-state index in [1.54, 1.807) is 30.3 Å². The van der Waals surface area contributed by atoms with Gasteiger partial charge in [0, 0.05) is 23.5 Å². The molecule has 7 heteroatoms. The van der Waals surface area contributed by atoms with Gasteiger partial charge in [-0.15, -0.1) is 0 Å². The van der Waals surface area contributed by atoms with Gasteiger partial charge in [-0.25, -0.2) is 9.37 Å². The number of imidazole rings is 1. The molecule has 0 aliphatic rings. The molecule has 0 spiro atoms. The molecule has 0 aliphatic heterocycles. The van der Waals surface area contributed by atoms with Crippen molar-refractivity contribution in [2.75, 3.05) is 0 Å². The number of benzene rings is 2. The lowest BCUT2D eigenvalue weighted by molar-refractivity contribution is 0.0944. The largest absolute Gasteiger partial charge is 0.487 e. The van der Waals surface area contributed by atoms with E-state index in [2.05, 4.69) is 10.3 Å². The first-order valence-corrected chi connectivity index (χ1v) is 9.65. The van der Waals surface area contributed by atoms with Crippen molar-refractivity contribution in [2.45, 2.75) is 19.6 Å². The first-order valence-electron chi connectivity index (χ1n) is 9.65. The molecule has 0 radical (unpaired) electrons. The molecule has 2 aromatic carbocycles. The minimum atomic E-state index is -1.10. The molecule has 6 nitrogen and oxygen atoms in total. The van der Waals surface area contributed by atoms with Crippen molar-refractivity contribution < 1.29 is 13.9 Å².